The van der Waals surface area contributed by atoms with Gasteiger partial charge in [-0.05, 0) is 50.0 Å². The molecule has 0 aliphatic heterocycles. The zero-order valence-corrected chi connectivity index (χ0v) is 13.8. The fraction of sp³-hybridized carbons (Fsp3) is 0.833. The van der Waals surface area contributed by atoms with E-state index >= 15 is 0 Å². The maximum absolute atomic E-state index is 4.80. The van der Waals surface area contributed by atoms with Crippen LogP contribution >= 0.6 is 0 Å². The third-order valence-corrected chi connectivity index (χ3v) is 5.52. The smallest absolute Gasteiger partial charge is 0.0762 e. The summed E-state index contributed by atoms with van der Waals surface area (Å²) in [7, 11) is 0. The van der Waals surface area contributed by atoms with Gasteiger partial charge in [0.25, 0.3) is 0 Å². The van der Waals surface area contributed by atoms with E-state index in [1.165, 1.54) is 63.5 Å². The van der Waals surface area contributed by atoms with Crippen LogP contribution in [0.25, 0.3) is 0 Å². The molecule has 21 heavy (non-hydrogen) atoms. The van der Waals surface area contributed by atoms with E-state index in [2.05, 4.69) is 36.1 Å². The van der Waals surface area contributed by atoms with Crippen molar-refractivity contribution in [2.24, 2.45) is 5.41 Å². The van der Waals surface area contributed by atoms with Gasteiger partial charge in [0.05, 0.1) is 11.7 Å². The van der Waals surface area contributed by atoms with E-state index in [-0.39, 0.29) is 0 Å². The number of hydrogen-bond donors (Lipinski definition) is 1. The predicted molar refractivity (Wildman–Crippen MR) is 87.2 cm³/mol. The first kappa shape index (κ1) is 15.1. The molecule has 1 aromatic rings. The van der Waals surface area contributed by atoms with Crippen molar-refractivity contribution in [3.05, 3.63) is 18.0 Å². The number of rotatable bonds is 4. The van der Waals surface area contributed by atoms with Gasteiger partial charge in [-0.25, -0.2) is 0 Å². The van der Waals surface area contributed by atoms with E-state index in [0.29, 0.717) is 17.5 Å². The summed E-state index contributed by atoms with van der Waals surface area (Å²) in [6.45, 7) is 5.73. The van der Waals surface area contributed by atoms with Crippen LogP contribution in [-0.4, -0.2) is 15.8 Å². The van der Waals surface area contributed by atoms with Gasteiger partial charge in [0.1, 0.15) is 0 Å². The zero-order chi connectivity index (χ0) is 14.7. The van der Waals surface area contributed by atoms with Crippen LogP contribution in [0, 0.1) is 5.41 Å². The molecule has 2 fully saturated rings. The topological polar surface area (TPSA) is 29.9 Å². The minimum absolute atomic E-state index is 0.556. The fourth-order valence-corrected chi connectivity index (χ4v) is 3.87. The lowest BCUT2D eigenvalue weighted by Crippen LogP contribution is -2.35. The second-order valence-electron chi connectivity index (χ2n) is 7.90. The zero-order valence-electron chi connectivity index (χ0n) is 13.8. The second-order valence-corrected chi connectivity index (χ2v) is 7.90. The lowest BCUT2D eigenvalue weighted by atomic mass is 9.75. The van der Waals surface area contributed by atoms with Crippen LogP contribution in [0.5, 0.6) is 0 Å². The Morgan fingerprint density at radius 2 is 1.86 bits per heavy atom. The van der Waals surface area contributed by atoms with Crippen LogP contribution in [0.15, 0.2) is 12.3 Å². The Balaban J connectivity index is 1.46. The molecule has 2 aliphatic rings. The molecular weight excluding hydrogens is 258 g/mol. The van der Waals surface area contributed by atoms with Crippen molar-refractivity contribution in [3.63, 3.8) is 0 Å². The minimum atomic E-state index is 0.556. The molecule has 3 heteroatoms. The van der Waals surface area contributed by atoms with Gasteiger partial charge in [0, 0.05) is 18.8 Å². The Bertz CT molecular complexity index is 433. The molecule has 0 atom stereocenters. The molecule has 2 saturated carbocycles. The summed E-state index contributed by atoms with van der Waals surface area (Å²) in [5.74, 6) is 0. The minimum Gasteiger partial charge on any atom is -0.308 e. The lowest BCUT2D eigenvalue weighted by molar-refractivity contribution is 0.205. The molecule has 1 heterocycles. The van der Waals surface area contributed by atoms with Gasteiger partial charge in [-0.1, -0.05) is 33.1 Å². The average Bonchev–Trinajstić information content (AvgIpc) is 2.96. The lowest BCUT2D eigenvalue weighted by Gasteiger charge is -2.34. The van der Waals surface area contributed by atoms with Crippen LogP contribution in [0.1, 0.15) is 83.4 Å². The summed E-state index contributed by atoms with van der Waals surface area (Å²) in [5, 5.41) is 8.52. The molecule has 0 saturated heterocycles. The standard InChI is InChI=1S/C18H31N3/c1-18(2)11-8-15(9-12-18)19-14-16-10-13-21(20-16)17-6-4-3-5-7-17/h10,13,15,17,19H,3-9,11-12,14H2,1-2H3. The van der Waals surface area contributed by atoms with Gasteiger partial charge in [0.15, 0.2) is 0 Å². The van der Waals surface area contributed by atoms with E-state index < -0.39 is 0 Å². The first-order chi connectivity index (χ1) is 10.1. The Morgan fingerprint density at radius 1 is 1.14 bits per heavy atom. The fourth-order valence-electron chi connectivity index (χ4n) is 3.87. The molecule has 0 bridgehead atoms. The number of aromatic nitrogens is 2. The Hall–Kier alpha value is -0.830. The SMILES string of the molecule is CC1(C)CCC(NCc2ccn(C3CCCCC3)n2)CC1. The molecular formula is C18H31N3. The van der Waals surface area contributed by atoms with Gasteiger partial charge in [0.2, 0.25) is 0 Å². The molecule has 0 spiro atoms. The van der Waals surface area contributed by atoms with Crippen LogP contribution in [0.2, 0.25) is 0 Å². The maximum atomic E-state index is 4.80. The van der Waals surface area contributed by atoms with Crippen molar-refractivity contribution in [3.8, 4) is 0 Å². The molecule has 118 valence electrons. The van der Waals surface area contributed by atoms with Gasteiger partial charge in [-0.2, -0.15) is 5.10 Å². The molecule has 0 aromatic carbocycles. The molecule has 0 amide bonds. The quantitative estimate of drug-likeness (QED) is 0.887. The summed E-state index contributed by atoms with van der Waals surface area (Å²) in [6, 6.07) is 3.55. The van der Waals surface area contributed by atoms with Crippen molar-refractivity contribution in [1.29, 1.82) is 0 Å². The van der Waals surface area contributed by atoms with Gasteiger partial charge < -0.3 is 5.32 Å². The third-order valence-electron chi connectivity index (χ3n) is 5.52. The average molecular weight is 289 g/mol. The number of nitrogens with one attached hydrogen (secondary N) is 1. The maximum Gasteiger partial charge on any atom is 0.0762 e. The highest BCUT2D eigenvalue weighted by Gasteiger charge is 2.26. The van der Waals surface area contributed by atoms with Gasteiger partial charge in [-0.15, -0.1) is 0 Å². The van der Waals surface area contributed by atoms with Crippen molar-refractivity contribution in [2.45, 2.75) is 90.3 Å². The molecule has 3 rings (SSSR count). The predicted octanol–water partition coefficient (Wildman–Crippen LogP) is 4.45. The molecule has 2 aliphatic carbocycles. The molecule has 1 aromatic heterocycles. The van der Waals surface area contributed by atoms with E-state index in [1.807, 2.05) is 0 Å². The summed E-state index contributed by atoms with van der Waals surface area (Å²) in [4.78, 5) is 0. The highest BCUT2D eigenvalue weighted by Crippen LogP contribution is 2.35. The Labute approximate surface area is 129 Å². The molecule has 0 unspecified atom stereocenters. The molecule has 3 nitrogen and oxygen atoms in total. The van der Waals surface area contributed by atoms with Crippen LogP contribution in [-0.2, 0) is 6.54 Å². The Kier molecular flexibility index (Phi) is 4.68. The highest BCUT2D eigenvalue weighted by atomic mass is 15.3. The van der Waals surface area contributed by atoms with Crippen LogP contribution < -0.4 is 5.32 Å². The molecule has 0 radical (unpaired) electrons. The van der Waals surface area contributed by atoms with Crippen molar-refractivity contribution in [2.75, 3.05) is 0 Å². The first-order valence-corrected chi connectivity index (χ1v) is 8.90. The molecule has 1 N–H and O–H groups in total. The van der Waals surface area contributed by atoms with Gasteiger partial charge >= 0.3 is 0 Å². The summed E-state index contributed by atoms with van der Waals surface area (Å²) < 4.78 is 2.22. The van der Waals surface area contributed by atoms with Crippen molar-refractivity contribution >= 4 is 0 Å². The Morgan fingerprint density at radius 3 is 2.57 bits per heavy atom. The first-order valence-electron chi connectivity index (χ1n) is 8.90. The monoisotopic (exact) mass is 289 g/mol. The third kappa shape index (κ3) is 4.09. The van der Waals surface area contributed by atoms with E-state index in [0.717, 1.165) is 6.54 Å². The van der Waals surface area contributed by atoms with Crippen LogP contribution in [0.4, 0.5) is 0 Å². The highest BCUT2D eigenvalue weighted by molar-refractivity contribution is 5.00. The summed E-state index contributed by atoms with van der Waals surface area (Å²) in [6.07, 6.45) is 14.3. The second kappa shape index (κ2) is 6.51. The van der Waals surface area contributed by atoms with Crippen molar-refractivity contribution < 1.29 is 0 Å². The van der Waals surface area contributed by atoms with Crippen LogP contribution in [0.3, 0.4) is 0 Å². The summed E-state index contributed by atoms with van der Waals surface area (Å²) >= 11 is 0. The summed E-state index contributed by atoms with van der Waals surface area (Å²) in [5.41, 5.74) is 1.77. The van der Waals surface area contributed by atoms with E-state index in [1.54, 1.807) is 0 Å². The van der Waals surface area contributed by atoms with E-state index in [9.17, 15) is 0 Å². The van der Waals surface area contributed by atoms with Gasteiger partial charge in [-0.3, -0.25) is 4.68 Å². The largest absolute Gasteiger partial charge is 0.308 e. The number of nitrogens with zero attached hydrogens (tertiary/aromatic N) is 2. The van der Waals surface area contributed by atoms with Crippen molar-refractivity contribution in [1.82, 2.24) is 15.1 Å². The number of hydrogen-bond acceptors (Lipinski definition) is 2. The normalized spacial score (nSPS) is 24.3. The van der Waals surface area contributed by atoms with E-state index in [4.69, 9.17) is 5.10 Å².